The molecule has 102 valence electrons. The van der Waals surface area contributed by atoms with Gasteiger partial charge in [0.1, 0.15) is 0 Å². The Kier molecular flexibility index (Phi) is 3.46. The maximum absolute atomic E-state index is 13.1. The molecule has 1 unspecified atom stereocenters. The average molecular weight is 291 g/mol. The second-order valence-electron chi connectivity index (χ2n) is 4.54. The molecule has 0 bridgehead atoms. The largest absolute Gasteiger partial charge is 0.388 e. The fraction of sp³-hybridized carbons (Fsp3) is 0.133. The van der Waals surface area contributed by atoms with Gasteiger partial charge >= 0.3 is 0 Å². The summed E-state index contributed by atoms with van der Waals surface area (Å²) >= 11 is 1.55. The van der Waals surface area contributed by atoms with E-state index in [1.165, 1.54) is 6.07 Å². The van der Waals surface area contributed by atoms with Gasteiger partial charge in [-0.15, -0.1) is 11.3 Å². The lowest BCUT2D eigenvalue weighted by atomic mass is 10.0. The maximum Gasteiger partial charge on any atom is 0.159 e. The highest BCUT2D eigenvalue weighted by Gasteiger charge is 2.12. The zero-order valence-electron chi connectivity index (χ0n) is 10.4. The van der Waals surface area contributed by atoms with Crippen molar-refractivity contribution in [2.45, 2.75) is 12.5 Å². The van der Waals surface area contributed by atoms with Gasteiger partial charge in [0.2, 0.25) is 0 Å². The highest BCUT2D eigenvalue weighted by Crippen LogP contribution is 2.25. The maximum atomic E-state index is 13.1. The Labute approximate surface area is 118 Å². The Morgan fingerprint density at radius 2 is 2.00 bits per heavy atom. The molecule has 0 aliphatic heterocycles. The van der Waals surface area contributed by atoms with E-state index in [9.17, 15) is 13.9 Å². The fourth-order valence-corrected chi connectivity index (χ4v) is 2.84. The normalized spacial score (nSPS) is 12.8. The molecular formula is C15H11F2NOS. The Balaban J connectivity index is 1.84. The molecule has 0 saturated carbocycles. The molecule has 0 aliphatic carbocycles. The van der Waals surface area contributed by atoms with Crippen LogP contribution in [0.2, 0.25) is 0 Å². The van der Waals surface area contributed by atoms with Crippen LogP contribution in [0, 0.1) is 11.6 Å². The van der Waals surface area contributed by atoms with E-state index in [1.807, 2.05) is 17.5 Å². The van der Waals surface area contributed by atoms with Crippen molar-refractivity contribution in [2.75, 3.05) is 0 Å². The van der Waals surface area contributed by atoms with Crippen molar-refractivity contribution < 1.29 is 13.9 Å². The molecule has 2 aromatic heterocycles. The van der Waals surface area contributed by atoms with Crippen molar-refractivity contribution in [3.8, 4) is 0 Å². The highest BCUT2D eigenvalue weighted by atomic mass is 32.1. The van der Waals surface area contributed by atoms with Crippen LogP contribution in [0.25, 0.3) is 10.2 Å². The Bertz CT molecular complexity index is 756. The molecule has 0 spiro atoms. The van der Waals surface area contributed by atoms with Crippen LogP contribution in [0.1, 0.15) is 17.2 Å². The second-order valence-corrected chi connectivity index (χ2v) is 5.49. The fourth-order valence-electron chi connectivity index (χ4n) is 2.05. The van der Waals surface area contributed by atoms with Crippen LogP contribution < -0.4 is 0 Å². The number of aliphatic hydroxyl groups excluding tert-OH is 1. The summed E-state index contributed by atoms with van der Waals surface area (Å²) in [4.78, 5) is 4.25. The number of hydrogen-bond acceptors (Lipinski definition) is 3. The minimum atomic E-state index is -0.901. The number of halogens is 2. The zero-order chi connectivity index (χ0) is 14.1. The first-order valence-corrected chi connectivity index (χ1v) is 6.96. The van der Waals surface area contributed by atoms with Crippen molar-refractivity contribution >= 4 is 21.6 Å². The van der Waals surface area contributed by atoms with Gasteiger partial charge in [0.25, 0.3) is 0 Å². The molecule has 3 rings (SSSR count). The van der Waals surface area contributed by atoms with Crippen molar-refractivity contribution in [2.24, 2.45) is 0 Å². The Hall–Kier alpha value is -1.85. The van der Waals surface area contributed by atoms with E-state index in [-0.39, 0.29) is 6.42 Å². The minimum Gasteiger partial charge on any atom is -0.388 e. The molecular weight excluding hydrogens is 280 g/mol. The van der Waals surface area contributed by atoms with Gasteiger partial charge in [-0.25, -0.2) is 8.78 Å². The van der Waals surface area contributed by atoms with E-state index < -0.39 is 17.7 Å². The summed E-state index contributed by atoms with van der Waals surface area (Å²) < 4.78 is 27.0. The molecule has 2 heterocycles. The van der Waals surface area contributed by atoms with Crippen LogP contribution >= 0.6 is 11.3 Å². The molecule has 2 nitrogen and oxygen atoms in total. The minimum absolute atomic E-state index is 0.218. The Morgan fingerprint density at radius 3 is 2.80 bits per heavy atom. The van der Waals surface area contributed by atoms with Gasteiger partial charge < -0.3 is 5.11 Å². The topological polar surface area (TPSA) is 33.1 Å². The molecule has 0 amide bonds. The van der Waals surface area contributed by atoms with Gasteiger partial charge in [-0.1, -0.05) is 6.07 Å². The van der Waals surface area contributed by atoms with Crippen LogP contribution in [0.5, 0.6) is 0 Å². The van der Waals surface area contributed by atoms with Gasteiger partial charge in [0.15, 0.2) is 11.6 Å². The second kappa shape index (κ2) is 5.26. The van der Waals surface area contributed by atoms with Gasteiger partial charge in [0.05, 0.1) is 16.3 Å². The van der Waals surface area contributed by atoms with Gasteiger partial charge in [-0.3, -0.25) is 4.98 Å². The van der Waals surface area contributed by atoms with Crippen molar-refractivity contribution in [3.05, 3.63) is 64.7 Å². The standard InChI is InChI=1S/C15H11F2NOS/c16-11-2-1-9(5-12(11)17)6-14(19)10-7-15-13(18-8-10)3-4-20-15/h1-5,7-8,14,19H,6H2. The number of thiophene rings is 1. The molecule has 1 aromatic carbocycles. The van der Waals surface area contributed by atoms with Gasteiger partial charge in [0, 0.05) is 18.2 Å². The molecule has 1 atom stereocenters. The molecule has 20 heavy (non-hydrogen) atoms. The van der Waals surface area contributed by atoms with Crippen molar-refractivity contribution in [1.29, 1.82) is 0 Å². The summed E-state index contributed by atoms with van der Waals surface area (Å²) in [5, 5.41) is 12.1. The summed E-state index contributed by atoms with van der Waals surface area (Å²) in [6.07, 6.45) is 1.04. The first kappa shape index (κ1) is 13.1. The van der Waals surface area contributed by atoms with E-state index in [1.54, 1.807) is 17.5 Å². The number of fused-ring (bicyclic) bond motifs is 1. The number of rotatable bonds is 3. The molecule has 5 heteroatoms. The van der Waals surface area contributed by atoms with Crippen molar-refractivity contribution in [1.82, 2.24) is 4.98 Å². The summed E-state index contributed by atoms with van der Waals surface area (Å²) in [6, 6.07) is 7.43. The summed E-state index contributed by atoms with van der Waals surface area (Å²) in [5.41, 5.74) is 2.10. The third-order valence-corrected chi connectivity index (χ3v) is 3.97. The van der Waals surface area contributed by atoms with Crippen LogP contribution in [0.15, 0.2) is 41.9 Å². The molecule has 0 saturated heterocycles. The number of benzene rings is 1. The highest BCUT2D eigenvalue weighted by molar-refractivity contribution is 7.17. The summed E-state index contributed by atoms with van der Waals surface area (Å²) in [6.45, 7) is 0. The van der Waals surface area contributed by atoms with Crippen LogP contribution in [0.3, 0.4) is 0 Å². The number of nitrogens with zero attached hydrogens (tertiary/aromatic N) is 1. The third kappa shape index (κ3) is 2.55. The van der Waals surface area contributed by atoms with E-state index in [2.05, 4.69) is 4.98 Å². The van der Waals surface area contributed by atoms with Gasteiger partial charge in [-0.05, 0) is 35.2 Å². The quantitative estimate of drug-likeness (QED) is 0.795. The zero-order valence-corrected chi connectivity index (χ0v) is 11.2. The third-order valence-electron chi connectivity index (χ3n) is 3.12. The van der Waals surface area contributed by atoms with E-state index in [0.29, 0.717) is 11.1 Å². The molecule has 0 aliphatic rings. The monoisotopic (exact) mass is 291 g/mol. The Morgan fingerprint density at radius 1 is 1.15 bits per heavy atom. The molecule has 3 aromatic rings. The first-order chi connectivity index (χ1) is 9.63. The number of hydrogen-bond donors (Lipinski definition) is 1. The predicted octanol–water partition coefficient (Wildman–Crippen LogP) is 3.85. The summed E-state index contributed by atoms with van der Waals surface area (Å²) in [7, 11) is 0. The summed E-state index contributed by atoms with van der Waals surface area (Å²) in [5.74, 6) is -1.79. The van der Waals surface area contributed by atoms with E-state index in [0.717, 1.165) is 22.3 Å². The molecule has 1 N–H and O–H groups in total. The van der Waals surface area contributed by atoms with Gasteiger partial charge in [-0.2, -0.15) is 0 Å². The van der Waals surface area contributed by atoms with E-state index in [4.69, 9.17) is 0 Å². The lowest BCUT2D eigenvalue weighted by Gasteiger charge is -2.11. The van der Waals surface area contributed by atoms with E-state index >= 15 is 0 Å². The average Bonchev–Trinajstić information content (AvgIpc) is 2.90. The SMILES string of the molecule is OC(Cc1ccc(F)c(F)c1)c1cnc2ccsc2c1. The number of aliphatic hydroxyl groups is 1. The molecule has 0 fully saturated rings. The lowest BCUT2D eigenvalue weighted by Crippen LogP contribution is -2.03. The molecule has 0 radical (unpaired) electrons. The van der Waals surface area contributed by atoms with Crippen LogP contribution in [-0.4, -0.2) is 10.1 Å². The van der Waals surface area contributed by atoms with Crippen molar-refractivity contribution in [3.63, 3.8) is 0 Å². The number of aromatic nitrogens is 1. The van der Waals surface area contributed by atoms with Crippen LogP contribution in [0.4, 0.5) is 8.78 Å². The predicted molar refractivity (Wildman–Crippen MR) is 74.6 cm³/mol. The number of pyridine rings is 1. The van der Waals surface area contributed by atoms with Crippen LogP contribution in [-0.2, 0) is 6.42 Å². The lowest BCUT2D eigenvalue weighted by molar-refractivity contribution is 0.178. The smallest absolute Gasteiger partial charge is 0.159 e. The first-order valence-electron chi connectivity index (χ1n) is 6.08.